The Hall–Kier alpha value is -0.550. The predicted octanol–water partition coefficient (Wildman–Crippen LogP) is 2.57. The number of thioether (sulfide) groups is 1. The number of rotatable bonds is 3. The van der Waals surface area contributed by atoms with Gasteiger partial charge in [0.2, 0.25) is 5.89 Å². The molecule has 0 radical (unpaired) electrons. The molecule has 2 fully saturated rings. The fraction of sp³-hybridized carbons (Fsp3) is 0.846. The lowest BCUT2D eigenvalue weighted by Gasteiger charge is -2.20. The molecule has 1 aromatic heterocycles. The molecule has 0 bridgehead atoms. The van der Waals surface area contributed by atoms with E-state index in [1.807, 2.05) is 0 Å². The number of aromatic nitrogens is 2. The second kappa shape index (κ2) is 6.06. The van der Waals surface area contributed by atoms with Crippen LogP contribution in [0.1, 0.15) is 49.9 Å². The number of nitrogens with zero attached hydrogens (tertiary/aromatic N) is 2. The summed E-state index contributed by atoms with van der Waals surface area (Å²) in [5.74, 6) is 5.01. The molecule has 0 saturated carbocycles. The molecule has 0 aliphatic carbocycles. The van der Waals surface area contributed by atoms with Crippen LogP contribution in [0.15, 0.2) is 4.52 Å². The van der Waals surface area contributed by atoms with Crippen LogP contribution in [-0.4, -0.2) is 28.2 Å². The summed E-state index contributed by atoms with van der Waals surface area (Å²) in [6.45, 7) is 1.08. The van der Waals surface area contributed by atoms with Gasteiger partial charge in [-0.2, -0.15) is 16.7 Å². The Morgan fingerprint density at radius 1 is 1.28 bits per heavy atom. The van der Waals surface area contributed by atoms with Crippen LogP contribution in [0.2, 0.25) is 0 Å². The van der Waals surface area contributed by atoms with Crippen molar-refractivity contribution in [3.05, 3.63) is 11.7 Å². The lowest BCUT2D eigenvalue weighted by molar-refractivity contribution is 0.335. The van der Waals surface area contributed by atoms with Gasteiger partial charge in [0.1, 0.15) is 0 Å². The molecule has 4 nitrogen and oxygen atoms in total. The average molecular weight is 267 g/mol. The first-order valence-electron chi connectivity index (χ1n) is 7.05. The summed E-state index contributed by atoms with van der Waals surface area (Å²) in [6.07, 6.45) is 7.28. The van der Waals surface area contributed by atoms with Crippen molar-refractivity contribution in [2.24, 2.45) is 5.92 Å². The third-order valence-electron chi connectivity index (χ3n) is 3.82. The second-order valence-electron chi connectivity index (χ2n) is 5.34. The van der Waals surface area contributed by atoms with E-state index in [4.69, 9.17) is 4.52 Å². The van der Waals surface area contributed by atoms with Gasteiger partial charge in [0, 0.05) is 6.42 Å². The number of hydrogen-bond donors (Lipinski definition) is 1. The monoisotopic (exact) mass is 267 g/mol. The Morgan fingerprint density at radius 3 is 3.06 bits per heavy atom. The van der Waals surface area contributed by atoms with Crippen LogP contribution >= 0.6 is 11.8 Å². The maximum atomic E-state index is 5.41. The summed E-state index contributed by atoms with van der Waals surface area (Å²) in [5, 5.41) is 7.61. The first kappa shape index (κ1) is 12.5. The van der Waals surface area contributed by atoms with E-state index in [0.717, 1.165) is 37.0 Å². The second-order valence-corrected chi connectivity index (χ2v) is 6.49. The third kappa shape index (κ3) is 3.06. The fourth-order valence-corrected chi connectivity index (χ4v) is 3.94. The van der Waals surface area contributed by atoms with Gasteiger partial charge >= 0.3 is 0 Å². The van der Waals surface area contributed by atoms with E-state index in [1.165, 1.54) is 37.2 Å². The quantitative estimate of drug-likeness (QED) is 0.912. The van der Waals surface area contributed by atoms with E-state index in [9.17, 15) is 0 Å². The van der Waals surface area contributed by atoms with E-state index < -0.39 is 0 Å². The van der Waals surface area contributed by atoms with Gasteiger partial charge in [-0.1, -0.05) is 11.6 Å². The van der Waals surface area contributed by atoms with E-state index in [2.05, 4.69) is 27.2 Å². The molecule has 2 saturated heterocycles. The minimum Gasteiger partial charge on any atom is -0.339 e. The van der Waals surface area contributed by atoms with Crippen LogP contribution in [0.4, 0.5) is 0 Å². The minimum absolute atomic E-state index is 0.317. The number of nitrogens with one attached hydrogen (secondary N) is 1. The lowest BCUT2D eigenvalue weighted by atomic mass is 10.0. The Balaban J connectivity index is 1.58. The molecular formula is C13H21N3OS. The summed E-state index contributed by atoms with van der Waals surface area (Å²) in [6, 6.07) is 0.317. The molecule has 2 atom stereocenters. The highest BCUT2D eigenvalue weighted by molar-refractivity contribution is 7.99. The number of hydrogen-bond acceptors (Lipinski definition) is 5. The van der Waals surface area contributed by atoms with Gasteiger partial charge in [-0.3, -0.25) is 0 Å². The Morgan fingerprint density at radius 2 is 2.28 bits per heavy atom. The minimum atomic E-state index is 0.317. The van der Waals surface area contributed by atoms with Crippen LogP contribution in [0.5, 0.6) is 0 Å². The Bertz CT molecular complexity index is 370. The smallest absolute Gasteiger partial charge is 0.227 e. The van der Waals surface area contributed by atoms with Crippen LogP contribution in [0, 0.1) is 5.92 Å². The molecule has 18 heavy (non-hydrogen) atoms. The maximum absolute atomic E-state index is 5.41. The zero-order chi connectivity index (χ0) is 12.2. The van der Waals surface area contributed by atoms with Crippen molar-refractivity contribution < 1.29 is 4.52 Å². The van der Waals surface area contributed by atoms with Crippen LogP contribution in [0.25, 0.3) is 0 Å². The largest absolute Gasteiger partial charge is 0.339 e. The fourth-order valence-electron chi connectivity index (χ4n) is 2.78. The third-order valence-corrected chi connectivity index (χ3v) is 5.11. The lowest BCUT2D eigenvalue weighted by Crippen LogP contribution is -2.27. The van der Waals surface area contributed by atoms with Crippen molar-refractivity contribution in [2.45, 2.75) is 44.6 Å². The van der Waals surface area contributed by atoms with Crippen molar-refractivity contribution in [1.29, 1.82) is 0 Å². The van der Waals surface area contributed by atoms with Crippen molar-refractivity contribution in [1.82, 2.24) is 15.5 Å². The van der Waals surface area contributed by atoms with Gasteiger partial charge in [-0.15, -0.1) is 0 Å². The molecule has 0 amide bonds. The molecule has 2 aliphatic rings. The van der Waals surface area contributed by atoms with E-state index in [-0.39, 0.29) is 0 Å². The predicted molar refractivity (Wildman–Crippen MR) is 72.6 cm³/mol. The molecule has 5 heteroatoms. The van der Waals surface area contributed by atoms with E-state index in [1.54, 1.807) is 0 Å². The molecule has 2 aliphatic heterocycles. The molecule has 3 rings (SSSR count). The maximum Gasteiger partial charge on any atom is 0.227 e. The summed E-state index contributed by atoms with van der Waals surface area (Å²) < 4.78 is 5.41. The molecule has 2 unspecified atom stereocenters. The Kier molecular flexibility index (Phi) is 4.20. The van der Waals surface area contributed by atoms with E-state index >= 15 is 0 Å². The van der Waals surface area contributed by atoms with Crippen LogP contribution < -0.4 is 5.32 Å². The molecule has 0 aromatic carbocycles. The van der Waals surface area contributed by atoms with Crippen LogP contribution in [0.3, 0.4) is 0 Å². The molecule has 1 aromatic rings. The highest BCUT2D eigenvalue weighted by atomic mass is 32.2. The van der Waals surface area contributed by atoms with Gasteiger partial charge in [0.15, 0.2) is 5.82 Å². The standard InChI is InChI=1S/C13H21N3OS/c1-2-6-14-11(5-1)13-15-12(17-16-13)8-10-4-3-7-18-9-10/h10-11,14H,1-9H2. The Labute approximate surface area is 112 Å². The SMILES string of the molecule is C1CCC(c2noc(CC3CCCSC3)n2)NC1. The molecule has 100 valence electrons. The van der Waals surface area contributed by atoms with Gasteiger partial charge in [0.05, 0.1) is 6.04 Å². The van der Waals surface area contributed by atoms with Crippen molar-refractivity contribution >= 4 is 11.8 Å². The van der Waals surface area contributed by atoms with Crippen molar-refractivity contribution in [2.75, 3.05) is 18.1 Å². The highest BCUT2D eigenvalue weighted by Gasteiger charge is 2.22. The first-order chi connectivity index (χ1) is 8.92. The van der Waals surface area contributed by atoms with Crippen molar-refractivity contribution in [3.63, 3.8) is 0 Å². The zero-order valence-electron chi connectivity index (χ0n) is 10.7. The summed E-state index contributed by atoms with van der Waals surface area (Å²) in [7, 11) is 0. The first-order valence-corrected chi connectivity index (χ1v) is 8.21. The van der Waals surface area contributed by atoms with Gasteiger partial charge in [0.25, 0.3) is 0 Å². The molecule has 1 N–H and O–H groups in total. The summed E-state index contributed by atoms with van der Waals surface area (Å²) in [4.78, 5) is 4.58. The average Bonchev–Trinajstić information content (AvgIpc) is 2.89. The summed E-state index contributed by atoms with van der Waals surface area (Å²) >= 11 is 2.05. The molecular weight excluding hydrogens is 246 g/mol. The van der Waals surface area contributed by atoms with Gasteiger partial charge in [-0.05, 0) is 49.7 Å². The molecule has 3 heterocycles. The van der Waals surface area contributed by atoms with Crippen molar-refractivity contribution in [3.8, 4) is 0 Å². The van der Waals surface area contributed by atoms with Gasteiger partial charge < -0.3 is 9.84 Å². The highest BCUT2D eigenvalue weighted by Crippen LogP contribution is 2.26. The summed E-state index contributed by atoms with van der Waals surface area (Å²) in [5.41, 5.74) is 0. The number of piperidine rings is 1. The molecule has 0 spiro atoms. The van der Waals surface area contributed by atoms with E-state index in [0.29, 0.717) is 6.04 Å². The topological polar surface area (TPSA) is 51.0 Å². The van der Waals surface area contributed by atoms with Gasteiger partial charge in [-0.25, -0.2) is 0 Å². The van der Waals surface area contributed by atoms with Crippen LogP contribution in [-0.2, 0) is 6.42 Å². The normalized spacial score (nSPS) is 29.3. The zero-order valence-corrected chi connectivity index (χ0v) is 11.5.